The Morgan fingerprint density at radius 1 is 0.506 bits per heavy atom. The molecule has 0 amide bonds. The maximum absolute atomic E-state index is 7.99. The van der Waals surface area contributed by atoms with E-state index in [4.69, 9.17) is 16.3 Å². The van der Waals surface area contributed by atoms with Gasteiger partial charge in [-0.3, -0.25) is 0 Å². The minimum absolute atomic E-state index is 0. The van der Waals surface area contributed by atoms with Gasteiger partial charge in [0.1, 0.15) is 5.82 Å². The molecule has 0 bridgehead atoms. The van der Waals surface area contributed by atoms with E-state index >= 15 is 0 Å². The Balaban J connectivity index is 0.00000721. The number of hydrogen-bond donors (Lipinski definition) is 0. The molecule has 1 aliphatic rings. The average Bonchev–Trinajstić information content (AvgIpc) is 1.95. The van der Waals surface area contributed by atoms with E-state index in [2.05, 4.69) is 263 Å². The summed E-state index contributed by atoms with van der Waals surface area (Å²) in [5.41, 5.74) is 17.3. The van der Waals surface area contributed by atoms with Crippen LogP contribution in [-0.2, 0) is 48.1 Å². The van der Waals surface area contributed by atoms with E-state index in [1.54, 1.807) is 11.3 Å². The zero-order chi connectivity index (χ0) is 58.0. The Hall–Kier alpha value is -7.49. The molecular weight excluding hydrogens is 1210 g/mol. The van der Waals surface area contributed by atoms with Crippen molar-refractivity contribution < 1.29 is 25.8 Å². The summed E-state index contributed by atoms with van der Waals surface area (Å²) in [5.74, 6) is 1.93. The van der Waals surface area contributed by atoms with Gasteiger partial charge >= 0.3 is 0 Å². The van der Waals surface area contributed by atoms with Crippen molar-refractivity contribution in [1.82, 2.24) is 9.55 Å². The van der Waals surface area contributed by atoms with Gasteiger partial charge in [0.25, 0.3) is 0 Å². The van der Waals surface area contributed by atoms with Gasteiger partial charge in [0.05, 0.1) is 6.57 Å². The first kappa shape index (κ1) is 57.3. The number of para-hydroxylation sites is 3. The Bertz CT molecular complexity index is 4250. The summed E-state index contributed by atoms with van der Waals surface area (Å²) in [6.07, 6.45) is 1.91. The van der Waals surface area contributed by atoms with E-state index < -0.39 is 0 Å². The fourth-order valence-corrected chi connectivity index (χ4v) is 12.8. The normalized spacial score (nSPS) is 13.3. The molecule has 8 heteroatoms. The molecule has 0 spiro atoms. The molecule has 8 aromatic carbocycles. The third-order valence-electron chi connectivity index (χ3n) is 16.3. The smallest absolute Gasteiger partial charge is 0.204 e. The van der Waals surface area contributed by atoms with Crippen molar-refractivity contribution in [3.63, 3.8) is 0 Å². The number of aromatic nitrogens is 2. The second-order valence-electron chi connectivity index (χ2n) is 27.4. The van der Waals surface area contributed by atoms with E-state index in [9.17, 15) is 0 Å². The fraction of sp³-hybridized carbons (Fsp3) is 0.267. The fourth-order valence-electron chi connectivity index (χ4n) is 11.4. The summed E-state index contributed by atoms with van der Waals surface area (Å²) in [5, 5.41) is 4.37. The minimum Gasteiger partial charge on any atom is -0.509 e. The zero-order valence-electron chi connectivity index (χ0n) is 50.5. The third kappa shape index (κ3) is 10.5. The van der Waals surface area contributed by atoms with E-state index in [1.165, 1.54) is 38.9 Å². The van der Waals surface area contributed by atoms with Crippen LogP contribution >= 0.6 is 11.3 Å². The maximum Gasteiger partial charge on any atom is 0.204 e. The van der Waals surface area contributed by atoms with Crippen LogP contribution in [0.1, 0.15) is 132 Å². The molecule has 0 N–H and O–H groups in total. The molecule has 1 aliphatic heterocycles. The van der Waals surface area contributed by atoms with Gasteiger partial charge in [-0.2, -0.15) is 12.1 Å². The van der Waals surface area contributed by atoms with Crippen molar-refractivity contribution in [3.05, 3.63) is 216 Å². The SMILES string of the molecule is [C-]#[N+]c1cccc2c1sc1c2ccc2c1c1ccc(Oc3[c-]c(N4[CH-]N(c5c(-c6cc(C(C)(C)C)cc(C(C)(C)C)c6)cccc5-c5cc(C(C)(C)C)cc(C(C)(C)C)c5)c5ccccc54)ccc3)[c-]c1n2-c1cc(C(C)(C)C)ccn1.[Pt]. The molecule has 0 saturated heterocycles. The first-order chi connectivity index (χ1) is 38.7. The quantitative estimate of drug-likeness (QED) is 0.149. The zero-order valence-corrected chi connectivity index (χ0v) is 53.5. The first-order valence-corrected chi connectivity index (χ1v) is 29.4. The molecule has 6 nitrogen and oxygen atoms in total. The van der Waals surface area contributed by atoms with Gasteiger partial charge in [0, 0.05) is 81.9 Å². The van der Waals surface area contributed by atoms with Crippen LogP contribution in [-0.4, -0.2) is 9.55 Å². The predicted octanol–water partition coefficient (Wildman–Crippen LogP) is 21.7. The molecule has 12 rings (SSSR count). The molecule has 11 aromatic rings. The molecule has 0 radical (unpaired) electrons. The number of nitrogens with zero attached hydrogens (tertiary/aromatic N) is 5. The van der Waals surface area contributed by atoms with Crippen LogP contribution in [0.3, 0.4) is 0 Å². The maximum atomic E-state index is 7.99. The summed E-state index contributed by atoms with van der Waals surface area (Å²) < 4.78 is 11.2. The molecule has 0 aliphatic carbocycles. The Kier molecular flexibility index (Phi) is 14.3. The van der Waals surface area contributed by atoms with Gasteiger partial charge in [0.2, 0.25) is 5.69 Å². The van der Waals surface area contributed by atoms with Crippen molar-refractivity contribution in [3.8, 4) is 39.6 Å². The van der Waals surface area contributed by atoms with Crippen LogP contribution in [0.4, 0.5) is 28.4 Å². The molecule has 0 fully saturated rings. The Morgan fingerprint density at radius 2 is 1.04 bits per heavy atom. The van der Waals surface area contributed by atoms with E-state index in [1.807, 2.05) is 36.5 Å². The summed E-state index contributed by atoms with van der Waals surface area (Å²) in [6, 6.07) is 62.5. The Labute approximate surface area is 509 Å². The molecule has 83 heavy (non-hydrogen) atoms. The topological polar surface area (TPSA) is 37.9 Å². The van der Waals surface area contributed by atoms with Crippen molar-refractivity contribution in [1.29, 1.82) is 0 Å². The number of rotatable bonds is 7. The number of benzene rings is 8. The number of pyridine rings is 1. The van der Waals surface area contributed by atoms with Crippen LogP contribution in [0.2, 0.25) is 0 Å². The number of ether oxygens (including phenoxy) is 1. The molecule has 0 unspecified atom stereocenters. The monoisotopic (exact) mass is 1290 g/mol. The summed E-state index contributed by atoms with van der Waals surface area (Å²) in [7, 11) is 0. The molecular formula is C75H72N5OPtS-3. The molecule has 0 saturated carbocycles. The van der Waals surface area contributed by atoms with Crippen LogP contribution in [0.25, 0.3) is 74.9 Å². The second-order valence-corrected chi connectivity index (χ2v) is 28.4. The van der Waals surface area contributed by atoms with Crippen LogP contribution in [0.5, 0.6) is 11.5 Å². The van der Waals surface area contributed by atoms with Crippen molar-refractivity contribution in [2.24, 2.45) is 0 Å². The van der Waals surface area contributed by atoms with Gasteiger partial charge in [0.15, 0.2) is 0 Å². The van der Waals surface area contributed by atoms with Gasteiger partial charge in [-0.1, -0.05) is 200 Å². The van der Waals surface area contributed by atoms with Crippen LogP contribution < -0.4 is 14.5 Å². The minimum atomic E-state index is -0.0947. The van der Waals surface area contributed by atoms with Crippen LogP contribution in [0.15, 0.2) is 158 Å². The summed E-state index contributed by atoms with van der Waals surface area (Å²) >= 11 is 1.68. The summed E-state index contributed by atoms with van der Waals surface area (Å²) in [6.45, 7) is 44.7. The van der Waals surface area contributed by atoms with Gasteiger partial charge in [-0.25, -0.2) is 9.83 Å². The number of thiophene rings is 1. The number of fused-ring (bicyclic) bond motifs is 8. The Morgan fingerprint density at radius 3 is 1.61 bits per heavy atom. The van der Waals surface area contributed by atoms with E-state index in [0.717, 1.165) is 81.7 Å². The second kappa shape index (κ2) is 20.7. The summed E-state index contributed by atoms with van der Waals surface area (Å²) in [4.78, 5) is 13.6. The van der Waals surface area contributed by atoms with Crippen molar-refractivity contribution in [2.75, 3.05) is 9.80 Å². The molecule has 4 heterocycles. The van der Waals surface area contributed by atoms with Gasteiger partial charge < -0.3 is 19.1 Å². The van der Waals surface area contributed by atoms with Gasteiger partial charge in [-0.05, 0) is 113 Å². The third-order valence-corrected chi connectivity index (χ3v) is 17.6. The van der Waals surface area contributed by atoms with Crippen molar-refractivity contribution >= 4 is 81.8 Å². The first-order valence-electron chi connectivity index (χ1n) is 28.6. The predicted molar refractivity (Wildman–Crippen MR) is 348 cm³/mol. The van der Waals surface area contributed by atoms with Gasteiger partial charge in [-0.15, -0.1) is 59.4 Å². The molecule has 422 valence electrons. The number of anilines is 4. The van der Waals surface area contributed by atoms with Crippen LogP contribution in [0, 0.1) is 25.4 Å². The van der Waals surface area contributed by atoms with E-state index in [-0.39, 0.29) is 48.1 Å². The van der Waals surface area contributed by atoms with E-state index in [0.29, 0.717) is 17.2 Å². The average molecular weight is 1290 g/mol. The number of hydrogen-bond acceptors (Lipinski definition) is 5. The molecule has 3 aromatic heterocycles. The standard InChI is InChI=1S/C75H72N5OS.Pt/c1-71(2,3)48-34-35-77-66(42-48)80-64-33-32-59-58-26-21-27-61(76-16)69(58)82-70(59)67(64)60-31-30-55(44-65(60)80)81-54-23-19-22-53(43-54)78-45-79(63-29-18-17-28-62(63)78)68-56(46-36-49(72(4,5)6)40-50(37-46)73(7,8)9)24-20-25-57(68)47-38-51(74(10,11)12)41-52(39-47)75(13,14)15;/h17-42,45H,1-15H3;/q-3;. The largest absolute Gasteiger partial charge is 0.509 e. The molecule has 0 atom stereocenters. The van der Waals surface area contributed by atoms with Crippen molar-refractivity contribution in [2.45, 2.75) is 131 Å².